The highest BCUT2D eigenvalue weighted by molar-refractivity contribution is 7.19. The summed E-state index contributed by atoms with van der Waals surface area (Å²) in [5, 5.41) is 5.93. The van der Waals surface area contributed by atoms with Gasteiger partial charge in [-0.15, -0.1) is 0 Å². The Bertz CT molecular complexity index is 1490. The van der Waals surface area contributed by atoms with Crippen LogP contribution in [-0.2, 0) is 11.8 Å². The Kier molecular flexibility index (Phi) is 6.68. The summed E-state index contributed by atoms with van der Waals surface area (Å²) in [5.74, 6) is 0.0886. The Morgan fingerprint density at radius 2 is 1.50 bits per heavy atom. The molecule has 2 amide bonds. The lowest BCUT2D eigenvalue weighted by molar-refractivity contribution is -0.115. The molecule has 0 aliphatic rings. The Morgan fingerprint density at radius 1 is 0.861 bits per heavy atom. The summed E-state index contributed by atoms with van der Waals surface area (Å²) >= 11 is 1.35. The molecule has 7 nitrogen and oxygen atoms in total. The molecule has 0 saturated heterocycles. The van der Waals surface area contributed by atoms with Crippen molar-refractivity contribution in [3.05, 3.63) is 103 Å². The second kappa shape index (κ2) is 10.4. The van der Waals surface area contributed by atoms with Gasteiger partial charge < -0.3 is 15.2 Å². The van der Waals surface area contributed by atoms with Crippen LogP contribution in [0, 0.1) is 0 Å². The number of amides is 2. The van der Waals surface area contributed by atoms with Crippen molar-refractivity contribution in [2.45, 2.75) is 0 Å². The van der Waals surface area contributed by atoms with E-state index in [4.69, 9.17) is 0 Å². The summed E-state index contributed by atoms with van der Waals surface area (Å²) in [6.07, 6.45) is 3.59. The first-order valence-corrected chi connectivity index (χ1v) is 12.2. The number of benzene rings is 3. The molecule has 0 fully saturated rings. The van der Waals surface area contributed by atoms with Crippen LogP contribution in [0.15, 0.2) is 97.3 Å². The summed E-state index contributed by atoms with van der Waals surface area (Å²) in [7, 11) is 1.91. The fourth-order valence-electron chi connectivity index (χ4n) is 3.77. The molecule has 5 rings (SSSR count). The minimum atomic E-state index is -0.357. The summed E-state index contributed by atoms with van der Waals surface area (Å²) < 4.78 is 1.91. The maximum Gasteiger partial charge on any atom is 0.251 e. The summed E-state index contributed by atoms with van der Waals surface area (Å²) in [6.45, 7) is -0.169. The Hall–Kier alpha value is -4.56. The fraction of sp³-hybridized carbons (Fsp3) is 0.0714. The quantitative estimate of drug-likeness (QED) is 0.324. The predicted octanol–water partition coefficient (Wildman–Crippen LogP) is 5.25. The van der Waals surface area contributed by atoms with Crippen molar-refractivity contribution in [3.8, 4) is 33.1 Å². The minimum Gasteiger partial charge on any atom is -0.343 e. The molecule has 8 heteroatoms. The largest absolute Gasteiger partial charge is 0.343 e. The van der Waals surface area contributed by atoms with Crippen molar-refractivity contribution in [1.29, 1.82) is 0 Å². The van der Waals surface area contributed by atoms with Crippen molar-refractivity contribution >= 4 is 28.3 Å². The third-order valence-corrected chi connectivity index (χ3v) is 6.58. The van der Waals surface area contributed by atoms with E-state index in [1.807, 2.05) is 90.6 Å². The van der Waals surface area contributed by atoms with E-state index in [2.05, 4.69) is 20.6 Å². The van der Waals surface area contributed by atoms with Crippen LogP contribution in [0.1, 0.15) is 10.4 Å². The van der Waals surface area contributed by atoms with Crippen LogP contribution < -0.4 is 10.6 Å². The number of rotatable bonds is 7. The first kappa shape index (κ1) is 23.2. The van der Waals surface area contributed by atoms with Crippen molar-refractivity contribution in [1.82, 2.24) is 19.9 Å². The fourth-order valence-corrected chi connectivity index (χ4v) is 4.82. The van der Waals surface area contributed by atoms with E-state index in [1.54, 1.807) is 18.3 Å². The van der Waals surface area contributed by atoms with Gasteiger partial charge in [-0.3, -0.25) is 9.59 Å². The highest BCUT2D eigenvalue weighted by atomic mass is 32.1. The van der Waals surface area contributed by atoms with E-state index >= 15 is 0 Å². The first-order valence-electron chi connectivity index (χ1n) is 11.4. The lowest BCUT2D eigenvalue weighted by atomic mass is 10.0. The van der Waals surface area contributed by atoms with Crippen LogP contribution in [0.5, 0.6) is 0 Å². The van der Waals surface area contributed by atoms with E-state index in [1.165, 1.54) is 11.3 Å². The first-order chi connectivity index (χ1) is 17.6. The van der Waals surface area contributed by atoms with Gasteiger partial charge in [0.25, 0.3) is 5.91 Å². The number of nitrogens with zero attached hydrogens (tertiary/aromatic N) is 3. The van der Waals surface area contributed by atoms with Gasteiger partial charge in [-0.25, -0.2) is 9.97 Å². The average Bonchev–Trinajstić information content (AvgIpc) is 3.54. The number of anilines is 1. The van der Waals surface area contributed by atoms with Gasteiger partial charge >= 0.3 is 0 Å². The number of thiazole rings is 1. The molecule has 0 saturated carbocycles. The topological polar surface area (TPSA) is 88.9 Å². The maximum atomic E-state index is 12.6. The molecular weight excluding hydrogens is 470 g/mol. The van der Waals surface area contributed by atoms with Crippen molar-refractivity contribution in [2.24, 2.45) is 7.05 Å². The Morgan fingerprint density at radius 3 is 2.14 bits per heavy atom. The molecule has 178 valence electrons. The zero-order valence-corrected chi connectivity index (χ0v) is 20.3. The predicted molar refractivity (Wildman–Crippen MR) is 143 cm³/mol. The molecule has 2 N–H and O–H groups in total. The van der Waals surface area contributed by atoms with Crippen molar-refractivity contribution in [2.75, 3.05) is 11.9 Å². The van der Waals surface area contributed by atoms with Crippen LogP contribution in [0.2, 0.25) is 0 Å². The number of aryl methyl sites for hydroxylation is 1. The van der Waals surface area contributed by atoms with Gasteiger partial charge in [0.2, 0.25) is 5.91 Å². The molecule has 0 radical (unpaired) electrons. The molecule has 0 aliphatic heterocycles. The maximum absolute atomic E-state index is 12.6. The molecule has 2 aromatic heterocycles. The normalized spacial score (nSPS) is 10.7. The van der Waals surface area contributed by atoms with Crippen LogP contribution in [0.4, 0.5) is 5.13 Å². The van der Waals surface area contributed by atoms with Gasteiger partial charge in [-0.05, 0) is 23.3 Å². The number of aromatic nitrogens is 3. The molecule has 0 unspecified atom stereocenters. The highest BCUT2D eigenvalue weighted by Crippen LogP contribution is 2.38. The lowest BCUT2D eigenvalue weighted by Gasteiger charge is -2.06. The van der Waals surface area contributed by atoms with E-state index < -0.39 is 0 Å². The van der Waals surface area contributed by atoms with Gasteiger partial charge in [-0.2, -0.15) is 0 Å². The number of nitrogens with one attached hydrogen (secondary N) is 2. The number of hydrogen-bond acceptors (Lipinski definition) is 5. The molecule has 36 heavy (non-hydrogen) atoms. The molecule has 3 aromatic carbocycles. The van der Waals surface area contributed by atoms with Gasteiger partial charge in [-0.1, -0.05) is 84.1 Å². The molecule has 2 heterocycles. The van der Waals surface area contributed by atoms with Crippen molar-refractivity contribution < 1.29 is 9.59 Å². The molecule has 0 bridgehead atoms. The van der Waals surface area contributed by atoms with Crippen LogP contribution >= 0.6 is 11.3 Å². The Labute approximate surface area is 212 Å². The zero-order valence-electron chi connectivity index (χ0n) is 19.5. The van der Waals surface area contributed by atoms with Crippen molar-refractivity contribution in [3.63, 3.8) is 0 Å². The van der Waals surface area contributed by atoms with Gasteiger partial charge in [0.05, 0.1) is 17.1 Å². The standard InChI is InChI=1S/C28H23N5O2S/c1-33-17-16-29-26(33)25-24(21-10-6-3-7-11-21)32-28(36-25)31-23(34)18-30-27(35)22-14-12-20(13-15-22)19-8-4-2-5-9-19/h2-17H,18H2,1H3,(H,30,35)(H,31,32,34). The second-order valence-electron chi connectivity index (χ2n) is 8.10. The average molecular weight is 494 g/mol. The number of carbonyl (C=O) groups is 2. The molecule has 5 aromatic rings. The van der Waals surface area contributed by atoms with Crippen LogP contribution in [0.3, 0.4) is 0 Å². The van der Waals surface area contributed by atoms with Gasteiger partial charge in [0.15, 0.2) is 11.0 Å². The summed E-state index contributed by atoms with van der Waals surface area (Å²) in [5.41, 5.74) is 4.26. The third-order valence-electron chi connectivity index (χ3n) is 5.61. The molecule has 0 spiro atoms. The molecule has 0 aliphatic carbocycles. The summed E-state index contributed by atoms with van der Waals surface area (Å²) in [4.78, 5) is 35.2. The lowest BCUT2D eigenvalue weighted by Crippen LogP contribution is -2.32. The minimum absolute atomic E-state index is 0.169. The van der Waals surface area contributed by atoms with Crippen LogP contribution in [-0.4, -0.2) is 32.9 Å². The van der Waals surface area contributed by atoms with Crippen LogP contribution in [0.25, 0.3) is 33.1 Å². The Balaban J connectivity index is 1.26. The van der Waals surface area contributed by atoms with Gasteiger partial charge in [0, 0.05) is 30.6 Å². The van der Waals surface area contributed by atoms with E-state index in [0.717, 1.165) is 33.1 Å². The molecular formula is C28H23N5O2S. The van der Waals surface area contributed by atoms with E-state index in [0.29, 0.717) is 10.7 Å². The summed E-state index contributed by atoms with van der Waals surface area (Å²) in [6, 6.07) is 27.0. The zero-order chi connectivity index (χ0) is 24.9. The number of carbonyl (C=O) groups excluding carboxylic acids is 2. The molecule has 0 atom stereocenters. The monoisotopic (exact) mass is 493 g/mol. The SMILES string of the molecule is Cn1ccnc1-c1sc(NC(=O)CNC(=O)c2ccc(-c3ccccc3)cc2)nc1-c1ccccc1. The number of imidazole rings is 1. The van der Waals surface area contributed by atoms with Gasteiger partial charge in [0.1, 0.15) is 0 Å². The second-order valence-corrected chi connectivity index (χ2v) is 9.10. The smallest absolute Gasteiger partial charge is 0.251 e. The third kappa shape index (κ3) is 5.08. The number of hydrogen-bond donors (Lipinski definition) is 2. The van der Waals surface area contributed by atoms with E-state index in [-0.39, 0.29) is 18.4 Å². The highest BCUT2D eigenvalue weighted by Gasteiger charge is 2.19. The van der Waals surface area contributed by atoms with E-state index in [9.17, 15) is 9.59 Å².